The minimum atomic E-state index is -1.13. The van der Waals surface area contributed by atoms with Crippen LogP contribution in [0, 0.1) is 6.92 Å². The Hall–Kier alpha value is -3.13. The number of carbonyl (C=O) groups excluding carboxylic acids is 1. The standard InChI is InChI=1S/C26H24Cl2N4O3/c1-17-3-2-4-20(13-17)32-22(28)14-21-23(32)29-16-31(25(21)34)15-26(35)9-11-30(12-10-26)24(33)18-5-7-19(27)8-6-18/h2-8,13-14,16,35H,9-12,15H2,1H3. The number of aromatic nitrogens is 3. The van der Waals surface area contributed by atoms with Crippen LogP contribution in [0.25, 0.3) is 16.7 Å². The lowest BCUT2D eigenvalue weighted by Gasteiger charge is -2.38. The van der Waals surface area contributed by atoms with Crippen LogP contribution in [0.1, 0.15) is 28.8 Å². The number of fused-ring (bicyclic) bond motifs is 1. The molecular formula is C26H24Cl2N4O3. The van der Waals surface area contributed by atoms with Crippen molar-refractivity contribution in [3.05, 3.63) is 92.6 Å². The number of hydrogen-bond donors (Lipinski definition) is 1. The molecule has 1 aliphatic heterocycles. The summed E-state index contributed by atoms with van der Waals surface area (Å²) >= 11 is 12.4. The van der Waals surface area contributed by atoms with Gasteiger partial charge < -0.3 is 10.0 Å². The predicted octanol–water partition coefficient (Wildman–Crippen LogP) is 4.47. The summed E-state index contributed by atoms with van der Waals surface area (Å²) < 4.78 is 3.17. The normalized spacial score (nSPS) is 15.5. The highest BCUT2D eigenvalue weighted by Crippen LogP contribution is 2.27. The van der Waals surface area contributed by atoms with E-state index in [4.69, 9.17) is 23.2 Å². The third-order valence-corrected chi connectivity index (χ3v) is 7.07. The van der Waals surface area contributed by atoms with Gasteiger partial charge >= 0.3 is 0 Å². The quantitative estimate of drug-likeness (QED) is 0.439. The lowest BCUT2D eigenvalue weighted by atomic mass is 9.91. The number of hydrogen-bond acceptors (Lipinski definition) is 4. The van der Waals surface area contributed by atoms with E-state index in [0.29, 0.717) is 52.7 Å². The number of carbonyl (C=O) groups is 1. The Morgan fingerprint density at radius 2 is 1.80 bits per heavy atom. The molecule has 1 aliphatic rings. The molecule has 1 saturated heterocycles. The molecule has 2 aromatic carbocycles. The second-order valence-electron chi connectivity index (χ2n) is 9.08. The maximum Gasteiger partial charge on any atom is 0.262 e. The van der Waals surface area contributed by atoms with Crippen molar-refractivity contribution >= 4 is 40.1 Å². The molecule has 0 radical (unpaired) electrons. The zero-order valence-corrected chi connectivity index (χ0v) is 20.6. The van der Waals surface area contributed by atoms with Crippen LogP contribution in [-0.4, -0.2) is 48.7 Å². The zero-order valence-electron chi connectivity index (χ0n) is 19.1. The van der Waals surface area contributed by atoms with Crippen LogP contribution < -0.4 is 5.56 Å². The van der Waals surface area contributed by atoms with Crippen molar-refractivity contribution in [2.75, 3.05) is 13.1 Å². The van der Waals surface area contributed by atoms with Gasteiger partial charge in [0.15, 0.2) is 5.65 Å². The lowest BCUT2D eigenvalue weighted by molar-refractivity contribution is -0.0299. The molecule has 3 heterocycles. The molecule has 0 unspecified atom stereocenters. The van der Waals surface area contributed by atoms with E-state index in [1.807, 2.05) is 31.2 Å². The summed E-state index contributed by atoms with van der Waals surface area (Å²) in [7, 11) is 0. The number of piperidine rings is 1. The molecule has 0 spiro atoms. The molecule has 2 aromatic heterocycles. The molecule has 4 aromatic rings. The monoisotopic (exact) mass is 510 g/mol. The van der Waals surface area contributed by atoms with Crippen molar-refractivity contribution in [1.29, 1.82) is 0 Å². The summed E-state index contributed by atoms with van der Waals surface area (Å²) in [6.07, 6.45) is 2.15. The van der Waals surface area contributed by atoms with Crippen LogP contribution in [0.4, 0.5) is 0 Å². The summed E-state index contributed by atoms with van der Waals surface area (Å²) in [5.41, 5.74) is 1.52. The molecule has 5 rings (SSSR count). The summed E-state index contributed by atoms with van der Waals surface area (Å²) in [4.78, 5) is 32.3. The van der Waals surface area contributed by atoms with Gasteiger partial charge in [-0.25, -0.2) is 4.98 Å². The first-order chi connectivity index (χ1) is 16.7. The average Bonchev–Trinajstić information content (AvgIpc) is 3.18. The fourth-order valence-corrected chi connectivity index (χ4v) is 5.00. The van der Waals surface area contributed by atoms with E-state index in [9.17, 15) is 14.7 Å². The number of rotatable bonds is 4. The molecule has 1 amide bonds. The van der Waals surface area contributed by atoms with E-state index in [-0.39, 0.29) is 18.0 Å². The van der Waals surface area contributed by atoms with Gasteiger partial charge in [-0.05, 0) is 67.8 Å². The largest absolute Gasteiger partial charge is 0.388 e. The molecule has 1 N–H and O–H groups in total. The van der Waals surface area contributed by atoms with Crippen LogP contribution in [0.15, 0.2) is 65.7 Å². The lowest BCUT2D eigenvalue weighted by Crippen LogP contribution is -2.49. The van der Waals surface area contributed by atoms with Crippen molar-refractivity contribution in [3.8, 4) is 5.69 Å². The van der Waals surface area contributed by atoms with Gasteiger partial charge in [-0.3, -0.25) is 18.7 Å². The second kappa shape index (κ2) is 9.15. The van der Waals surface area contributed by atoms with Crippen molar-refractivity contribution < 1.29 is 9.90 Å². The molecule has 9 heteroatoms. The van der Waals surface area contributed by atoms with Gasteiger partial charge in [0.2, 0.25) is 0 Å². The highest BCUT2D eigenvalue weighted by atomic mass is 35.5. The van der Waals surface area contributed by atoms with Gasteiger partial charge in [0, 0.05) is 29.4 Å². The second-order valence-corrected chi connectivity index (χ2v) is 9.90. The highest BCUT2D eigenvalue weighted by Gasteiger charge is 2.35. The van der Waals surface area contributed by atoms with Crippen molar-refractivity contribution in [3.63, 3.8) is 0 Å². The van der Waals surface area contributed by atoms with E-state index in [0.717, 1.165) is 11.3 Å². The van der Waals surface area contributed by atoms with Crippen molar-refractivity contribution in [1.82, 2.24) is 19.0 Å². The Balaban J connectivity index is 1.35. The minimum absolute atomic E-state index is 0.0883. The molecule has 0 atom stereocenters. The van der Waals surface area contributed by atoms with Gasteiger partial charge in [-0.15, -0.1) is 0 Å². The van der Waals surface area contributed by atoms with Gasteiger partial charge in [0.25, 0.3) is 11.5 Å². The van der Waals surface area contributed by atoms with E-state index in [1.165, 1.54) is 10.9 Å². The fraction of sp³-hybridized carbons (Fsp3) is 0.269. The van der Waals surface area contributed by atoms with Crippen LogP contribution >= 0.6 is 23.2 Å². The molecule has 7 nitrogen and oxygen atoms in total. The summed E-state index contributed by atoms with van der Waals surface area (Å²) in [5.74, 6) is -0.101. The molecular weight excluding hydrogens is 487 g/mol. The smallest absolute Gasteiger partial charge is 0.262 e. The minimum Gasteiger partial charge on any atom is -0.388 e. The average molecular weight is 511 g/mol. The highest BCUT2D eigenvalue weighted by molar-refractivity contribution is 6.31. The molecule has 35 heavy (non-hydrogen) atoms. The fourth-order valence-electron chi connectivity index (χ4n) is 4.59. The Labute approximate surface area is 212 Å². The first-order valence-corrected chi connectivity index (χ1v) is 12.1. The number of amides is 1. The summed E-state index contributed by atoms with van der Waals surface area (Å²) in [6.45, 7) is 2.85. The van der Waals surface area contributed by atoms with Gasteiger partial charge in [0.1, 0.15) is 11.5 Å². The third-order valence-electron chi connectivity index (χ3n) is 6.54. The number of nitrogens with zero attached hydrogens (tertiary/aromatic N) is 4. The summed E-state index contributed by atoms with van der Waals surface area (Å²) in [6, 6.07) is 16.2. The van der Waals surface area contributed by atoms with E-state index < -0.39 is 5.60 Å². The first kappa shape index (κ1) is 23.6. The molecule has 0 aliphatic carbocycles. The third kappa shape index (κ3) is 4.59. The Morgan fingerprint density at radius 3 is 2.49 bits per heavy atom. The van der Waals surface area contributed by atoms with Crippen LogP contribution in [-0.2, 0) is 6.54 Å². The predicted molar refractivity (Wildman–Crippen MR) is 137 cm³/mol. The van der Waals surface area contributed by atoms with Crippen molar-refractivity contribution in [2.24, 2.45) is 0 Å². The number of halogens is 2. The topological polar surface area (TPSA) is 80.4 Å². The number of aliphatic hydroxyl groups is 1. The van der Waals surface area contributed by atoms with Gasteiger partial charge in [-0.1, -0.05) is 35.3 Å². The van der Waals surface area contributed by atoms with Gasteiger partial charge in [-0.2, -0.15) is 0 Å². The molecule has 1 fully saturated rings. The zero-order chi connectivity index (χ0) is 24.7. The Morgan fingerprint density at radius 1 is 1.09 bits per heavy atom. The van der Waals surface area contributed by atoms with Gasteiger partial charge in [0.05, 0.1) is 17.5 Å². The number of aryl methyl sites for hydroxylation is 1. The van der Waals surface area contributed by atoms with Crippen molar-refractivity contribution in [2.45, 2.75) is 31.9 Å². The van der Waals surface area contributed by atoms with E-state index in [2.05, 4.69) is 4.98 Å². The van der Waals surface area contributed by atoms with Crippen LogP contribution in [0.2, 0.25) is 10.2 Å². The number of benzene rings is 2. The molecule has 0 saturated carbocycles. The maximum absolute atomic E-state index is 13.3. The molecule has 0 bridgehead atoms. The summed E-state index contributed by atoms with van der Waals surface area (Å²) in [5, 5.41) is 12.6. The first-order valence-electron chi connectivity index (χ1n) is 11.3. The maximum atomic E-state index is 13.3. The number of likely N-dealkylation sites (tertiary alicyclic amines) is 1. The van der Waals surface area contributed by atoms with E-state index in [1.54, 1.807) is 39.8 Å². The Kier molecular flexibility index (Phi) is 6.17. The molecule has 180 valence electrons. The van der Waals surface area contributed by atoms with E-state index >= 15 is 0 Å². The Bertz CT molecular complexity index is 1470. The SMILES string of the molecule is Cc1cccc(-n2c(Cl)cc3c(=O)n(CC4(O)CCN(C(=O)c5ccc(Cl)cc5)CC4)cnc32)c1. The van der Waals surface area contributed by atoms with Crippen LogP contribution in [0.5, 0.6) is 0 Å². The van der Waals surface area contributed by atoms with Crippen LogP contribution in [0.3, 0.4) is 0 Å².